The average molecular weight is 326 g/mol. The highest BCUT2D eigenvalue weighted by molar-refractivity contribution is 6.08. The zero-order valence-electron chi connectivity index (χ0n) is 14.0. The van der Waals surface area contributed by atoms with Gasteiger partial charge in [-0.3, -0.25) is 9.59 Å². The number of benzene rings is 1. The largest absolute Gasteiger partial charge is 0.368 e. The van der Waals surface area contributed by atoms with Gasteiger partial charge in [-0.25, -0.2) is 0 Å². The Hall–Kier alpha value is -2.60. The normalized spacial score (nSPS) is 15.3. The number of hydrogen-bond donors (Lipinski definition) is 1. The SMILES string of the molecule is CN1CCN(c2ccccc2C(=O)Nc2cccn(C)c2=O)CC1. The molecule has 1 amide bonds. The number of nitrogens with zero attached hydrogens (tertiary/aromatic N) is 3. The van der Waals surface area contributed by atoms with E-state index < -0.39 is 0 Å². The van der Waals surface area contributed by atoms with Gasteiger partial charge in [0.05, 0.1) is 5.56 Å². The Bertz CT molecular complexity index is 792. The Morgan fingerprint density at radius 1 is 1.00 bits per heavy atom. The molecule has 2 heterocycles. The van der Waals surface area contributed by atoms with Crippen molar-refractivity contribution in [3.05, 3.63) is 58.5 Å². The first kappa shape index (κ1) is 16.3. The molecule has 0 radical (unpaired) electrons. The van der Waals surface area contributed by atoms with Crippen LogP contribution in [0.1, 0.15) is 10.4 Å². The summed E-state index contributed by atoms with van der Waals surface area (Å²) in [6, 6.07) is 10.9. The van der Waals surface area contributed by atoms with E-state index in [1.54, 1.807) is 31.4 Å². The molecule has 1 fully saturated rings. The van der Waals surface area contributed by atoms with Crippen molar-refractivity contribution in [3.63, 3.8) is 0 Å². The molecular formula is C18H22N4O2. The molecule has 0 atom stereocenters. The van der Waals surface area contributed by atoms with Gasteiger partial charge in [-0.15, -0.1) is 0 Å². The van der Waals surface area contributed by atoms with Gasteiger partial charge in [0.2, 0.25) is 0 Å². The molecule has 3 rings (SSSR count). The van der Waals surface area contributed by atoms with Gasteiger partial charge in [-0.2, -0.15) is 0 Å². The molecule has 0 aliphatic carbocycles. The number of piperazine rings is 1. The second kappa shape index (κ2) is 6.88. The first-order chi connectivity index (χ1) is 11.6. The summed E-state index contributed by atoms with van der Waals surface area (Å²) in [5.41, 5.74) is 1.57. The molecule has 0 bridgehead atoms. The third-order valence-electron chi connectivity index (χ3n) is 4.36. The molecule has 1 aliphatic rings. The predicted molar refractivity (Wildman–Crippen MR) is 95.8 cm³/mol. The predicted octanol–water partition coefficient (Wildman–Crippen LogP) is 1.39. The Morgan fingerprint density at radius 2 is 1.71 bits per heavy atom. The standard InChI is InChI=1S/C18H22N4O2/c1-20-10-12-22(13-11-20)16-8-4-3-6-14(16)17(23)19-15-7-5-9-21(2)18(15)24/h3-9H,10-13H2,1-2H3,(H,19,23). The highest BCUT2D eigenvalue weighted by atomic mass is 16.2. The second-order valence-corrected chi connectivity index (χ2v) is 6.10. The van der Waals surface area contributed by atoms with Crippen molar-refractivity contribution in [2.45, 2.75) is 0 Å². The van der Waals surface area contributed by atoms with Crippen LogP contribution in [0.4, 0.5) is 11.4 Å². The van der Waals surface area contributed by atoms with E-state index >= 15 is 0 Å². The number of carbonyl (C=O) groups excluding carboxylic acids is 1. The fraction of sp³-hybridized carbons (Fsp3) is 0.333. The molecule has 1 saturated heterocycles. The van der Waals surface area contributed by atoms with Crippen LogP contribution < -0.4 is 15.8 Å². The number of aromatic nitrogens is 1. The highest BCUT2D eigenvalue weighted by Crippen LogP contribution is 2.22. The number of amides is 1. The van der Waals surface area contributed by atoms with Crippen LogP contribution in [0.2, 0.25) is 0 Å². The highest BCUT2D eigenvalue weighted by Gasteiger charge is 2.20. The first-order valence-corrected chi connectivity index (χ1v) is 8.06. The lowest BCUT2D eigenvalue weighted by Gasteiger charge is -2.34. The molecule has 1 aromatic carbocycles. The smallest absolute Gasteiger partial charge is 0.274 e. The van der Waals surface area contributed by atoms with Crippen molar-refractivity contribution < 1.29 is 4.79 Å². The molecule has 6 nitrogen and oxygen atoms in total. The second-order valence-electron chi connectivity index (χ2n) is 6.10. The van der Waals surface area contributed by atoms with Crippen molar-refractivity contribution in [2.75, 3.05) is 43.4 Å². The van der Waals surface area contributed by atoms with Crippen molar-refractivity contribution >= 4 is 17.3 Å². The Morgan fingerprint density at radius 3 is 2.46 bits per heavy atom. The van der Waals surface area contributed by atoms with E-state index in [-0.39, 0.29) is 17.2 Å². The third-order valence-corrected chi connectivity index (χ3v) is 4.36. The molecule has 126 valence electrons. The summed E-state index contributed by atoms with van der Waals surface area (Å²) in [6.45, 7) is 3.70. The van der Waals surface area contributed by atoms with Gasteiger partial charge in [-0.05, 0) is 31.3 Å². The van der Waals surface area contributed by atoms with Gasteiger partial charge in [0, 0.05) is 45.1 Å². The molecule has 0 spiro atoms. The van der Waals surface area contributed by atoms with Gasteiger partial charge >= 0.3 is 0 Å². The number of aryl methyl sites for hydroxylation is 1. The van der Waals surface area contributed by atoms with E-state index in [9.17, 15) is 9.59 Å². The van der Waals surface area contributed by atoms with Crippen LogP contribution in [0.3, 0.4) is 0 Å². The molecule has 1 aromatic heterocycles. The van der Waals surface area contributed by atoms with Crippen LogP contribution in [0.15, 0.2) is 47.4 Å². The van der Waals surface area contributed by atoms with Gasteiger partial charge in [0.15, 0.2) is 0 Å². The van der Waals surface area contributed by atoms with Crippen LogP contribution in [0.25, 0.3) is 0 Å². The number of hydrogen-bond acceptors (Lipinski definition) is 4. The number of rotatable bonds is 3. The van der Waals surface area contributed by atoms with Crippen LogP contribution in [-0.2, 0) is 7.05 Å². The lowest BCUT2D eigenvalue weighted by Crippen LogP contribution is -2.45. The molecule has 2 aromatic rings. The monoisotopic (exact) mass is 326 g/mol. The fourth-order valence-electron chi connectivity index (χ4n) is 2.87. The summed E-state index contributed by atoms with van der Waals surface area (Å²) in [5, 5.41) is 2.75. The van der Waals surface area contributed by atoms with Crippen molar-refractivity contribution in [1.82, 2.24) is 9.47 Å². The van der Waals surface area contributed by atoms with Gasteiger partial charge in [0.25, 0.3) is 11.5 Å². The van der Waals surface area contributed by atoms with Gasteiger partial charge < -0.3 is 19.7 Å². The lowest BCUT2D eigenvalue weighted by molar-refractivity contribution is 0.102. The van der Waals surface area contributed by atoms with Crippen LogP contribution in [-0.4, -0.2) is 48.6 Å². The van der Waals surface area contributed by atoms with Crippen molar-refractivity contribution in [3.8, 4) is 0 Å². The zero-order valence-corrected chi connectivity index (χ0v) is 14.0. The Labute approximate surface area is 141 Å². The fourth-order valence-corrected chi connectivity index (χ4v) is 2.87. The quantitative estimate of drug-likeness (QED) is 0.926. The van der Waals surface area contributed by atoms with E-state index in [1.807, 2.05) is 18.2 Å². The van der Waals surface area contributed by atoms with Gasteiger partial charge in [-0.1, -0.05) is 12.1 Å². The maximum Gasteiger partial charge on any atom is 0.274 e. The lowest BCUT2D eigenvalue weighted by atomic mass is 10.1. The molecule has 6 heteroatoms. The van der Waals surface area contributed by atoms with Crippen molar-refractivity contribution in [1.29, 1.82) is 0 Å². The first-order valence-electron chi connectivity index (χ1n) is 8.06. The molecular weight excluding hydrogens is 304 g/mol. The number of para-hydroxylation sites is 1. The van der Waals surface area contributed by atoms with E-state index in [1.165, 1.54) is 4.57 Å². The van der Waals surface area contributed by atoms with E-state index in [0.717, 1.165) is 31.9 Å². The maximum atomic E-state index is 12.7. The topological polar surface area (TPSA) is 57.6 Å². The minimum Gasteiger partial charge on any atom is -0.368 e. The minimum atomic E-state index is -0.257. The number of pyridine rings is 1. The summed E-state index contributed by atoms with van der Waals surface area (Å²) in [4.78, 5) is 29.3. The average Bonchev–Trinajstić information content (AvgIpc) is 2.59. The van der Waals surface area contributed by atoms with Crippen LogP contribution in [0.5, 0.6) is 0 Å². The summed E-state index contributed by atoms with van der Waals surface area (Å²) in [7, 11) is 3.76. The Kier molecular flexibility index (Phi) is 4.66. The third kappa shape index (κ3) is 3.33. The molecule has 0 unspecified atom stereocenters. The van der Waals surface area contributed by atoms with Crippen molar-refractivity contribution in [2.24, 2.45) is 7.05 Å². The Balaban J connectivity index is 1.85. The molecule has 1 N–H and O–H groups in total. The number of likely N-dealkylation sites (N-methyl/N-ethyl adjacent to an activating group) is 1. The molecule has 24 heavy (non-hydrogen) atoms. The zero-order chi connectivity index (χ0) is 17.1. The summed E-state index contributed by atoms with van der Waals surface area (Å²) in [5.74, 6) is -0.257. The van der Waals surface area contributed by atoms with E-state index in [4.69, 9.17) is 0 Å². The summed E-state index contributed by atoms with van der Waals surface area (Å²) in [6.07, 6.45) is 1.66. The van der Waals surface area contributed by atoms with E-state index in [2.05, 4.69) is 22.2 Å². The number of carbonyl (C=O) groups is 1. The van der Waals surface area contributed by atoms with Crippen LogP contribution in [0, 0.1) is 0 Å². The number of anilines is 2. The van der Waals surface area contributed by atoms with E-state index in [0.29, 0.717) is 5.56 Å². The summed E-state index contributed by atoms with van der Waals surface area (Å²) >= 11 is 0. The van der Waals surface area contributed by atoms with Crippen LogP contribution >= 0.6 is 0 Å². The van der Waals surface area contributed by atoms with Gasteiger partial charge in [0.1, 0.15) is 5.69 Å². The minimum absolute atomic E-state index is 0.220. The molecule has 0 saturated carbocycles. The summed E-state index contributed by atoms with van der Waals surface area (Å²) < 4.78 is 1.45. The molecule has 1 aliphatic heterocycles. The number of nitrogens with one attached hydrogen (secondary N) is 1. The maximum absolute atomic E-state index is 12.7.